The molecule has 0 fully saturated rings. The zero-order valence-corrected chi connectivity index (χ0v) is 10.6. The highest BCUT2D eigenvalue weighted by atomic mass is 16.4. The maximum Gasteiger partial charge on any atom is 0.333 e. The minimum Gasteiger partial charge on any atom is -0.478 e. The number of carbonyl (C=O) groups is 1. The molecule has 16 heavy (non-hydrogen) atoms. The molecule has 0 aromatic heterocycles. The van der Waals surface area contributed by atoms with Crippen LogP contribution in [0, 0.1) is 5.92 Å². The van der Waals surface area contributed by atoms with E-state index in [1.165, 1.54) is 19.8 Å². The Bertz CT molecular complexity index is 231. The number of carboxylic acid groups (broad SMARTS) is 1. The van der Waals surface area contributed by atoms with E-state index in [2.05, 4.69) is 13.8 Å². The van der Waals surface area contributed by atoms with Crippen molar-refractivity contribution in [3.63, 3.8) is 0 Å². The first kappa shape index (κ1) is 15.2. The van der Waals surface area contributed by atoms with E-state index in [1.807, 2.05) is 0 Å². The number of aliphatic hydroxyl groups is 1. The fourth-order valence-electron chi connectivity index (χ4n) is 1.71. The molecule has 2 unspecified atom stereocenters. The predicted molar refractivity (Wildman–Crippen MR) is 65.3 cm³/mol. The first-order valence-electron chi connectivity index (χ1n) is 6.14. The molecule has 0 aliphatic carbocycles. The van der Waals surface area contributed by atoms with Gasteiger partial charge in [-0.1, -0.05) is 45.6 Å². The molecule has 0 saturated carbocycles. The quantitative estimate of drug-likeness (QED) is 0.628. The Morgan fingerprint density at radius 3 is 2.38 bits per heavy atom. The maximum atomic E-state index is 10.8. The minimum atomic E-state index is -1.01. The smallest absolute Gasteiger partial charge is 0.333 e. The molecule has 3 nitrogen and oxygen atoms in total. The van der Waals surface area contributed by atoms with Gasteiger partial charge < -0.3 is 10.2 Å². The lowest BCUT2D eigenvalue weighted by atomic mass is 9.94. The Balaban J connectivity index is 4.32. The summed E-state index contributed by atoms with van der Waals surface area (Å²) >= 11 is 0. The van der Waals surface area contributed by atoms with E-state index in [0.29, 0.717) is 5.92 Å². The van der Waals surface area contributed by atoms with Gasteiger partial charge in [0.1, 0.15) is 0 Å². The third kappa shape index (κ3) is 5.91. The topological polar surface area (TPSA) is 57.5 Å². The Hall–Kier alpha value is -0.830. The van der Waals surface area contributed by atoms with Crippen LogP contribution < -0.4 is 0 Å². The largest absolute Gasteiger partial charge is 0.478 e. The summed E-state index contributed by atoms with van der Waals surface area (Å²) in [5, 5.41) is 18.2. The van der Waals surface area contributed by atoms with Crippen molar-refractivity contribution in [2.24, 2.45) is 5.92 Å². The molecule has 2 N–H and O–H groups in total. The summed E-state index contributed by atoms with van der Waals surface area (Å²) in [6.07, 6.45) is 6.09. The van der Waals surface area contributed by atoms with Gasteiger partial charge in [-0.25, -0.2) is 4.79 Å². The van der Waals surface area contributed by atoms with Gasteiger partial charge in [-0.15, -0.1) is 0 Å². The molecule has 0 aliphatic rings. The van der Waals surface area contributed by atoms with E-state index in [9.17, 15) is 9.90 Å². The zero-order chi connectivity index (χ0) is 12.6. The number of rotatable bonds is 8. The van der Waals surface area contributed by atoms with Gasteiger partial charge in [0.25, 0.3) is 0 Å². The molecule has 0 bridgehead atoms. The van der Waals surface area contributed by atoms with Gasteiger partial charge in [-0.2, -0.15) is 0 Å². The summed E-state index contributed by atoms with van der Waals surface area (Å²) < 4.78 is 0. The minimum absolute atomic E-state index is 0.120. The van der Waals surface area contributed by atoms with Gasteiger partial charge in [0.05, 0.1) is 11.7 Å². The Morgan fingerprint density at radius 1 is 1.38 bits per heavy atom. The van der Waals surface area contributed by atoms with Crippen molar-refractivity contribution in [2.45, 2.75) is 59.0 Å². The second-order valence-corrected chi connectivity index (χ2v) is 4.29. The van der Waals surface area contributed by atoms with Crippen molar-refractivity contribution in [2.75, 3.05) is 0 Å². The van der Waals surface area contributed by atoms with Crippen LogP contribution in [0.4, 0.5) is 0 Å². The van der Waals surface area contributed by atoms with Gasteiger partial charge >= 0.3 is 5.97 Å². The lowest BCUT2D eigenvalue weighted by molar-refractivity contribution is -0.133. The standard InChI is InChI=1S/C13H24O3/c1-4-6-7-11(5-2)8-9-12(10(3)14)13(15)16/h9-11,14H,4-8H2,1-3H3,(H,15,16). The highest BCUT2D eigenvalue weighted by Crippen LogP contribution is 2.18. The van der Waals surface area contributed by atoms with Crippen LogP contribution in [0.2, 0.25) is 0 Å². The van der Waals surface area contributed by atoms with Gasteiger partial charge in [0.2, 0.25) is 0 Å². The summed E-state index contributed by atoms with van der Waals surface area (Å²) in [6.45, 7) is 5.77. The molecular formula is C13H24O3. The van der Waals surface area contributed by atoms with E-state index in [1.54, 1.807) is 6.08 Å². The number of unbranched alkanes of at least 4 members (excludes halogenated alkanes) is 1. The molecule has 0 saturated heterocycles. The summed E-state index contributed by atoms with van der Waals surface area (Å²) in [5.41, 5.74) is 0.120. The monoisotopic (exact) mass is 228 g/mol. The second kappa shape index (κ2) is 8.34. The lowest BCUT2D eigenvalue weighted by Crippen LogP contribution is -2.14. The number of hydrogen-bond donors (Lipinski definition) is 2. The molecule has 0 amide bonds. The van der Waals surface area contributed by atoms with Crippen LogP contribution in [0.1, 0.15) is 52.9 Å². The SMILES string of the molecule is CCCCC(CC)CC=C(C(=O)O)C(C)O. The van der Waals surface area contributed by atoms with Crippen LogP contribution in [0.5, 0.6) is 0 Å². The molecular weight excluding hydrogens is 204 g/mol. The highest BCUT2D eigenvalue weighted by molar-refractivity contribution is 5.87. The molecule has 0 heterocycles. The van der Waals surface area contributed by atoms with Crippen molar-refractivity contribution in [1.82, 2.24) is 0 Å². The third-order valence-corrected chi connectivity index (χ3v) is 2.91. The Morgan fingerprint density at radius 2 is 2.00 bits per heavy atom. The molecule has 0 spiro atoms. The normalized spacial score (nSPS) is 15.9. The second-order valence-electron chi connectivity index (χ2n) is 4.29. The van der Waals surface area contributed by atoms with E-state index in [0.717, 1.165) is 19.3 Å². The van der Waals surface area contributed by atoms with E-state index in [-0.39, 0.29) is 5.57 Å². The average molecular weight is 228 g/mol. The van der Waals surface area contributed by atoms with Crippen LogP contribution in [0.15, 0.2) is 11.6 Å². The van der Waals surface area contributed by atoms with E-state index < -0.39 is 12.1 Å². The summed E-state index contributed by atoms with van der Waals surface area (Å²) in [6, 6.07) is 0. The molecule has 3 heteroatoms. The fraction of sp³-hybridized carbons (Fsp3) is 0.769. The number of carboxylic acids is 1. The van der Waals surface area contributed by atoms with Crippen molar-refractivity contribution in [3.05, 3.63) is 11.6 Å². The molecule has 0 rings (SSSR count). The summed E-state index contributed by atoms with van der Waals surface area (Å²) in [7, 11) is 0. The molecule has 2 atom stereocenters. The van der Waals surface area contributed by atoms with Crippen LogP contribution in [-0.2, 0) is 4.79 Å². The summed E-state index contributed by atoms with van der Waals surface area (Å²) in [5.74, 6) is -0.478. The number of aliphatic hydroxyl groups excluding tert-OH is 1. The van der Waals surface area contributed by atoms with Crippen LogP contribution in [-0.4, -0.2) is 22.3 Å². The lowest BCUT2D eigenvalue weighted by Gasteiger charge is -2.13. The van der Waals surface area contributed by atoms with E-state index in [4.69, 9.17) is 5.11 Å². The number of allylic oxidation sites excluding steroid dienone is 1. The van der Waals surface area contributed by atoms with Gasteiger partial charge in [-0.05, 0) is 19.3 Å². The van der Waals surface area contributed by atoms with Gasteiger partial charge in [0.15, 0.2) is 0 Å². The van der Waals surface area contributed by atoms with E-state index >= 15 is 0 Å². The van der Waals surface area contributed by atoms with Crippen molar-refractivity contribution in [1.29, 1.82) is 0 Å². The van der Waals surface area contributed by atoms with Crippen LogP contribution >= 0.6 is 0 Å². The molecule has 0 aliphatic heterocycles. The highest BCUT2D eigenvalue weighted by Gasteiger charge is 2.14. The van der Waals surface area contributed by atoms with Crippen LogP contribution in [0.25, 0.3) is 0 Å². The molecule has 94 valence electrons. The zero-order valence-electron chi connectivity index (χ0n) is 10.6. The molecule has 0 aromatic rings. The molecule has 0 aromatic carbocycles. The van der Waals surface area contributed by atoms with Crippen molar-refractivity contribution < 1.29 is 15.0 Å². The maximum absolute atomic E-state index is 10.8. The Labute approximate surface area is 98.2 Å². The predicted octanol–water partition coefficient (Wildman–Crippen LogP) is 2.98. The van der Waals surface area contributed by atoms with Crippen LogP contribution in [0.3, 0.4) is 0 Å². The van der Waals surface area contributed by atoms with Crippen molar-refractivity contribution in [3.8, 4) is 0 Å². The first-order chi connectivity index (χ1) is 7.52. The average Bonchev–Trinajstić information content (AvgIpc) is 2.22. The summed E-state index contributed by atoms with van der Waals surface area (Å²) in [4.78, 5) is 10.8. The number of hydrogen-bond acceptors (Lipinski definition) is 2. The van der Waals surface area contributed by atoms with Gasteiger partial charge in [-0.3, -0.25) is 0 Å². The van der Waals surface area contributed by atoms with Crippen molar-refractivity contribution >= 4 is 5.97 Å². The third-order valence-electron chi connectivity index (χ3n) is 2.91. The fourth-order valence-corrected chi connectivity index (χ4v) is 1.71. The first-order valence-corrected chi connectivity index (χ1v) is 6.14. The van der Waals surface area contributed by atoms with Gasteiger partial charge in [0, 0.05) is 0 Å². The Kier molecular flexibility index (Phi) is 7.90. The number of aliphatic carboxylic acids is 1. The molecule has 0 radical (unpaired) electrons.